The zero-order chi connectivity index (χ0) is 25.3. The van der Waals surface area contributed by atoms with E-state index in [1.807, 2.05) is 17.7 Å². The van der Waals surface area contributed by atoms with Crippen LogP contribution in [-0.4, -0.2) is 32.8 Å². The number of hydrogen-bond donors (Lipinski definition) is 1. The van der Waals surface area contributed by atoms with Crippen molar-refractivity contribution in [2.75, 3.05) is 18.4 Å². The van der Waals surface area contributed by atoms with Gasteiger partial charge in [0.1, 0.15) is 11.6 Å². The Morgan fingerprint density at radius 1 is 1.03 bits per heavy atom. The van der Waals surface area contributed by atoms with E-state index in [-0.39, 0.29) is 27.3 Å². The lowest BCUT2D eigenvalue weighted by Gasteiger charge is -2.32. The van der Waals surface area contributed by atoms with Gasteiger partial charge in [0.25, 0.3) is 0 Å². The number of pyridine rings is 1. The van der Waals surface area contributed by atoms with Gasteiger partial charge in [-0.2, -0.15) is 5.10 Å². The van der Waals surface area contributed by atoms with Crippen LogP contribution in [0.3, 0.4) is 0 Å². The first-order valence-corrected chi connectivity index (χ1v) is 12.6. The summed E-state index contributed by atoms with van der Waals surface area (Å²) < 4.78 is 31.0. The molecular weight excluding hydrogens is 491 g/mol. The number of nitrogens with one attached hydrogen (secondary N) is 1. The molecule has 1 aromatic carbocycles. The highest BCUT2D eigenvalue weighted by atomic mass is 35.5. The number of likely N-dealkylation sites (tertiary alicyclic amines) is 1. The second-order valence-electron chi connectivity index (χ2n) is 10.3. The largest absolute Gasteiger partial charge is 0.323 e. The molecule has 0 saturated carbocycles. The van der Waals surface area contributed by atoms with Crippen molar-refractivity contribution < 1.29 is 8.78 Å². The Bertz CT molecular complexity index is 1200. The number of aromatic nitrogens is 3. The van der Waals surface area contributed by atoms with Crippen LogP contribution in [0, 0.1) is 24.5 Å². The number of aryl methyl sites for hydroxylation is 1. The van der Waals surface area contributed by atoms with E-state index >= 15 is 0 Å². The quantitative estimate of drug-likeness (QED) is 0.374. The molecule has 2 aromatic heterocycles. The maximum absolute atomic E-state index is 14.8. The maximum atomic E-state index is 14.8. The Kier molecular flexibility index (Phi) is 7.69. The van der Waals surface area contributed by atoms with Crippen LogP contribution in [-0.2, 0) is 18.5 Å². The zero-order valence-electron chi connectivity index (χ0n) is 20.5. The second-order valence-corrected chi connectivity index (χ2v) is 11.1. The van der Waals surface area contributed by atoms with Crippen molar-refractivity contribution >= 4 is 34.8 Å². The van der Waals surface area contributed by atoms with Gasteiger partial charge in [-0.3, -0.25) is 9.58 Å². The number of anilines is 2. The Hall–Kier alpha value is -2.22. The zero-order valence-corrected chi connectivity index (χ0v) is 22.0. The maximum Gasteiger partial charge on any atom is 0.163 e. The minimum absolute atomic E-state index is 0.0401. The van der Waals surface area contributed by atoms with Gasteiger partial charge in [0.2, 0.25) is 0 Å². The number of rotatable bonds is 6. The van der Waals surface area contributed by atoms with Crippen molar-refractivity contribution in [1.29, 1.82) is 0 Å². The van der Waals surface area contributed by atoms with Gasteiger partial charge in [-0.1, -0.05) is 35.3 Å². The molecule has 0 radical (unpaired) electrons. The van der Waals surface area contributed by atoms with E-state index in [0.717, 1.165) is 31.6 Å². The molecule has 188 valence electrons. The summed E-state index contributed by atoms with van der Waals surface area (Å²) in [5.41, 5.74) is 1.80. The smallest absolute Gasteiger partial charge is 0.163 e. The molecule has 1 aliphatic rings. The Morgan fingerprint density at radius 3 is 2.40 bits per heavy atom. The van der Waals surface area contributed by atoms with E-state index < -0.39 is 5.82 Å². The van der Waals surface area contributed by atoms with Gasteiger partial charge in [-0.25, -0.2) is 13.8 Å². The Morgan fingerprint density at radius 2 is 1.74 bits per heavy atom. The number of benzene rings is 1. The average molecular weight is 522 g/mol. The van der Waals surface area contributed by atoms with E-state index in [2.05, 4.69) is 41.1 Å². The molecule has 9 heteroatoms. The lowest BCUT2D eigenvalue weighted by atomic mass is 9.91. The van der Waals surface area contributed by atoms with Gasteiger partial charge in [-0.05, 0) is 72.0 Å². The third-order valence-electron chi connectivity index (χ3n) is 6.38. The van der Waals surface area contributed by atoms with Gasteiger partial charge in [0.05, 0.1) is 21.3 Å². The van der Waals surface area contributed by atoms with Crippen LogP contribution in [0.2, 0.25) is 10.0 Å². The average Bonchev–Trinajstić information content (AvgIpc) is 3.16. The molecule has 0 aliphatic carbocycles. The van der Waals surface area contributed by atoms with Gasteiger partial charge in [0.15, 0.2) is 11.6 Å². The van der Waals surface area contributed by atoms with Gasteiger partial charge < -0.3 is 5.32 Å². The third kappa shape index (κ3) is 6.13. The molecule has 1 saturated heterocycles. The highest BCUT2D eigenvalue weighted by Gasteiger charge is 2.24. The van der Waals surface area contributed by atoms with Crippen LogP contribution >= 0.6 is 23.2 Å². The van der Waals surface area contributed by atoms with Crippen LogP contribution in [0.15, 0.2) is 30.3 Å². The van der Waals surface area contributed by atoms with Crippen molar-refractivity contribution in [3.63, 3.8) is 0 Å². The van der Waals surface area contributed by atoms with Crippen molar-refractivity contribution in [3.05, 3.63) is 69.0 Å². The fourth-order valence-corrected chi connectivity index (χ4v) is 5.03. The number of piperidine rings is 1. The number of hydrogen-bond acceptors (Lipinski definition) is 4. The van der Waals surface area contributed by atoms with Crippen LogP contribution in [0.1, 0.15) is 50.6 Å². The first-order valence-electron chi connectivity index (χ1n) is 11.9. The van der Waals surface area contributed by atoms with Crippen LogP contribution in [0.25, 0.3) is 0 Å². The SMILES string of the molecule is Cc1cc(Nc2cc(Cl)c(F)c(CC3CCN(Cc4cccc(Cl)c4F)CC3)n2)nn1C(C)(C)C. The molecule has 0 atom stereocenters. The number of nitrogens with zero attached hydrogens (tertiary/aromatic N) is 4. The molecule has 0 bridgehead atoms. The van der Waals surface area contributed by atoms with Gasteiger partial charge in [-0.15, -0.1) is 0 Å². The van der Waals surface area contributed by atoms with Gasteiger partial charge in [0, 0.05) is 29.9 Å². The molecule has 0 unspecified atom stereocenters. The molecular formula is C26H31Cl2F2N5. The van der Waals surface area contributed by atoms with E-state index in [1.54, 1.807) is 18.2 Å². The highest BCUT2D eigenvalue weighted by Crippen LogP contribution is 2.29. The van der Waals surface area contributed by atoms with E-state index in [9.17, 15) is 8.78 Å². The summed E-state index contributed by atoms with van der Waals surface area (Å²) in [6.45, 7) is 10.3. The highest BCUT2D eigenvalue weighted by molar-refractivity contribution is 6.31. The predicted molar refractivity (Wildman–Crippen MR) is 138 cm³/mol. The van der Waals surface area contributed by atoms with Gasteiger partial charge >= 0.3 is 0 Å². The van der Waals surface area contributed by atoms with Crippen molar-refractivity contribution in [2.45, 2.75) is 59.0 Å². The molecule has 1 aliphatic heterocycles. The lowest BCUT2D eigenvalue weighted by molar-refractivity contribution is 0.174. The van der Waals surface area contributed by atoms with E-state index in [0.29, 0.717) is 35.9 Å². The van der Waals surface area contributed by atoms with Crippen molar-refractivity contribution in [3.8, 4) is 0 Å². The summed E-state index contributed by atoms with van der Waals surface area (Å²) >= 11 is 12.1. The first-order chi connectivity index (χ1) is 16.5. The molecule has 35 heavy (non-hydrogen) atoms. The second kappa shape index (κ2) is 10.4. The molecule has 5 nitrogen and oxygen atoms in total. The molecule has 3 heterocycles. The standard InChI is InChI=1S/C26H31Cl2F2N5/c1-16-12-23(33-35(16)26(2,3)4)32-22-14-20(28)25(30)21(31-22)13-17-8-10-34(11-9-17)15-18-6-5-7-19(27)24(18)29/h5-7,12,14,17H,8-11,13,15H2,1-4H3,(H,31,32,33). The van der Waals surface area contributed by atoms with Crippen LogP contribution in [0.5, 0.6) is 0 Å². The summed E-state index contributed by atoms with van der Waals surface area (Å²) in [5.74, 6) is 0.547. The van der Waals surface area contributed by atoms with Crippen LogP contribution < -0.4 is 5.32 Å². The lowest BCUT2D eigenvalue weighted by Crippen LogP contribution is -2.34. The Balaban J connectivity index is 1.41. The topological polar surface area (TPSA) is 46.0 Å². The predicted octanol–water partition coefficient (Wildman–Crippen LogP) is 7.12. The molecule has 1 fully saturated rings. The minimum Gasteiger partial charge on any atom is -0.323 e. The Labute approximate surface area is 215 Å². The monoisotopic (exact) mass is 521 g/mol. The fraction of sp³-hybridized carbons (Fsp3) is 0.462. The summed E-state index contributed by atoms with van der Waals surface area (Å²) in [5, 5.41) is 7.98. The summed E-state index contributed by atoms with van der Waals surface area (Å²) in [6.07, 6.45) is 2.23. The van der Waals surface area contributed by atoms with E-state index in [4.69, 9.17) is 23.2 Å². The summed E-state index contributed by atoms with van der Waals surface area (Å²) in [6, 6.07) is 8.51. The molecule has 0 spiro atoms. The van der Waals surface area contributed by atoms with Crippen molar-refractivity contribution in [2.24, 2.45) is 5.92 Å². The third-order valence-corrected chi connectivity index (χ3v) is 6.94. The minimum atomic E-state index is -0.475. The molecule has 3 aromatic rings. The van der Waals surface area contributed by atoms with Crippen molar-refractivity contribution in [1.82, 2.24) is 19.7 Å². The fourth-order valence-electron chi connectivity index (χ4n) is 4.63. The normalized spacial score (nSPS) is 15.5. The van der Waals surface area contributed by atoms with Crippen LogP contribution in [0.4, 0.5) is 20.4 Å². The molecule has 4 rings (SSSR count). The molecule has 1 N–H and O–H groups in total. The molecule has 0 amide bonds. The first kappa shape index (κ1) is 25.9. The number of halogens is 4. The summed E-state index contributed by atoms with van der Waals surface area (Å²) in [4.78, 5) is 6.74. The summed E-state index contributed by atoms with van der Waals surface area (Å²) in [7, 11) is 0. The van der Waals surface area contributed by atoms with E-state index in [1.165, 1.54) is 6.07 Å².